The Bertz CT molecular complexity index is 1030. The van der Waals surface area contributed by atoms with Gasteiger partial charge in [0.05, 0.1) is 5.71 Å². The molecule has 1 aliphatic heterocycles. The Kier molecular flexibility index (Phi) is 7.48. The molecule has 1 saturated heterocycles. The van der Waals surface area contributed by atoms with Crippen LogP contribution < -0.4 is 5.32 Å². The van der Waals surface area contributed by atoms with E-state index in [0.717, 1.165) is 69.7 Å². The van der Waals surface area contributed by atoms with Crippen molar-refractivity contribution in [1.82, 2.24) is 10.2 Å². The van der Waals surface area contributed by atoms with E-state index < -0.39 is 0 Å². The zero-order valence-electron chi connectivity index (χ0n) is 24.8. The molecule has 0 bridgehead atoms. The summed E-state index contributed by atoms with van der Waals surface area (Å²) in [6.07, 6.45) is 16.3. The van der Waals surface area contributed by atoms with Crippen LogP contribution in [-0.2, 0) is 9.63 Å². The van der Waals surface area contributed by atoms with Crippen LogP contribution in [0.15, 0.2) is 16.8 Å². The highest BCUT2D eigenvalue weighted by Gasteiger charge is 2.59. The number of carbonyl (C=O) groups is 2. The molecular weight excluding hydrogens is 486 g/mol. The van der Waals surface area contributed by atoms with Gasteiger partial charge in [0.15, 0.2) is 5.78 Å². The Morgan fingerprint density at radius 2 is 1.87 bits per heavy atom. The lowest BCUT2D eigenvalue weighted by atomic mass is 9.46. The van der Waals surface area contributed by atoms with Crippen LogP contribution >= 0.6 is 0 Å². The number of nitrogens with zero attached hydrogens (tertiary/aromatic N) is 2. The SMILES string of the molecule is C/C(=N\OC(=O)N(CC1CC(C)CN1)C1CCCC1)[C@H]1CC[C@H]2[C@@H]3CCC4=CC(=O)CC[C@]4(C)[C@H]3CC[C@]12C. The van der Waals surface area contributed by atoms with Crippen LogP contribution in [0.5, 0.6) is 0 Å². The summed E-state index contributed by atoms with van der Waals surface area (Å²) in [6, 6.07) is 0.647. The Morgan fingerprint density at radius 3 is 2.62 bits per heavy atom. The summed E-state index contributed by atoms with van der Waals surface area (Å²) in [4.78, 5) is 33.3. The zero-order valence-corrected chi connectivity index (χ0v) is 24.8. The minimum Gasteiger partial charge on any atom is -0.312 e. The summed E-state index contributed by atoms with van der Waals surface area (Å²) in [5.41, 5.74) is 2.89. The van der Waals surface area contributed by atoms with Crippen molar-refractivity contribution < 1.29 is 14.4 Å². The molecule has 0 spiro atoms. The van der Waals surface area contributed by atoms with E-state index in [1.54, 1.807) is 0 Å². The first-order valence-electron chi connectivity index (χ1n) is 16.2. The molecule has 1 heterocycles. The number of amides is 1. The molecule has 6 rings (SSSR count). The van der Waals surface area contributed by atoms with Gasteiger partial charge < -0.3 is 10.2 Å². The van der Waals surface area contributed by atoms with Crippen LogP contribution in [0.3, 0.4) is 0 Å². The predicted molar refractivity (Wildman–Crippen MR) is 154 cm³/mol. The second kappa shape index (κ2) is 10.6. The number of hydrogen-bond acceptors (Lipinski definition) is 5. The molecule has 39 heavy (non-hydrogen) atoms. The first-order valence-corrected chi connectivity index (χ1v) is 16.2. The maximum atomic E-state index is 13.4. The number of nitrogens with one attached hydrogen (secondary N) is 1. The second-order valence-electron chi connectivity index (χ2n) is 14.8. The van der Waals surface area contributed by atoms with Crippen molar-refractivity contribution in [2.45, 2.75) is 123 Å². The highest BCUT2D eigenvalue weighted by molar-refractivity contribution is 5.91. The highest BCUT2D eigenvalue weighted by Crippen LogP contribution is 2.66. The molecule has 0 radical (unpaired) electrons. The van der Waals surface area contributed by atoms with Crippen molar-refractivity contribution in [1.29, 1.82) is 0 Å². The van der Waals surface area contributed by atoms with Gasteiger partial charge in [0.2, 0.25) is 0 Å². The topological polar surface area (TPSA) is 71.0 Å². The second-order valence-corrected chi connectivity index (χ2v) is 14.8. The summed E-state index contributed by atoms with van der Waals surface area (Å²) < 4.78 is 0. The largest absolute Gasteiger partial charge is 0.436 e. The van der Waals surface area contributed by atoms with Crippen LogP contribution in [0.1, 0.15) is 111 Å². The lowest BCUT2D eigenvalue weighted by Gasteiger charge is -2.58. The molecule has 1 N–H and O–H groups in total. The number of oxime groups is 1. The number of hydrogen-bond donors (Lipinski definition) is 1. The van der Waals surface area contributed by atoms with Crippen molar-refractivity contribution in [3.05, 3.63) is 11.6 Å². The summed E-state index contributed by atoms with van der Waals surface area (Å²) in [5.74, 6) is 3.51. The number of ketones is 1. The molecule has 8 atom stereocenters. The molecule has 5 fully saturated rings. The van der Waals surface area contributed by atoms with Crippen molar-refractivity contribution in [3.63, 3.8) is 0 Å². The molecule has 1 amide bonds. The zero-order chi connectivity index (χ0) is 27.4. The van der Waals surface area contributed by atoms with Crippen molar-refractivity contribution >= 4 is 17.6 Å². The molecule has 0 aromatic heterocycles. The van der Waals surface area contributed by atoms with Gasteiger partial charge in [-0.25, -0.2) is 4.79 Å². The molecule has 6 nitrogen and oxygen atoms in total. The summed E-state index contributed by atoms with van der Waals surface area (Å²) in [5, 5.41) is 8.17. The Balaban J connectivity index is 1.14. The summed E-state index contributed by atoms with van der Waals surface area (Å²) >= 11 is 0. The summed E-state index contributed by atoms with van der Waals surface area (Å²) in [6.45, 7) is 11.1. The fourth-order valence-electron chi connectivity index (χ4n) is 10.5. The van der Waals surface area contributed by atoms with Gasteiger partial charge in [-0.1, -0.05) is 44.3 Å². The maximum Gasteiger partial charge on any atom is 0.436 e. The first-order chi connectivity index (χ1) is 18.7. The molecule has 4 saturated carbocycles. The van der Waals surface area contributed by atoms with Crippen LogP contribution in [0.4, 0.5) is 4.79 Å². The molecular formula is C33H51N3O3. The fraction of sp³-hybridized carbons (Fsp3) is 0.848. The number of allylic oxidation sites excluding steroid dienone is 1. The third-order valence-corrected chi connectivity index (χ3v) is 12.6. The van der Waals surface area contributed by atoms with Crippen molar-refractivity contribution in [3.8, 4) is 0 Å². The minimum atomic E-state index is -0.252. The molecule has 0 aromatic carbocycles. The number of carbonyl (C=O) groups excluding carboxylic acids is 2. The Labute approximate surface area is 235 Å². The van der Waals surface area contributed by atoms with Crippen molar-refractivity contribution in [2.75, 3.05) is 13.1 Å². The lowest BCUT2D eigenvalue weighted by molar-refractivity contribution is -0.117. The van der Waals surface area contributed by atoms with E-state index in [4.69, 9.17) is 4.84 Å². The minimum absolute atomic E-state index is 0.213. The molecule has 216 valence electrons. The monoisotopic (exact) mass is 537 g/mol. The Morgan fingerprint density at radius 1 is 1.08 bits per heavy atom. The van der Waals surface area contributed by atoms with Gasteiger partial charge in [-0.2, -0.15) is 0 Å². The highest BCUT2D eigenvalue weighted by atomic mass is 16.7. The third kappa shape index (κ3) is 4.91. The Hall–Kier alpha value is -1.69. The van der Waals surface area contributed by atoms with Gasteiger partial charge in [0.1, 0.15) is 0 Å². The normalized spacial score (nSPS) is 42.5. The van der Waals surface area contributed by atoms with E-state index >= 15 is 0 Å². The number of fused-ring (bicyclic) bond motifs is 5. The molecule has 0 aromatic rings. The van der Waals surface area contributed by atoms with Gasteiger partial charge in [0.25, 0.3) is 0 Å². The van der Waals surface area contributed by atoms with Crippen molar-refractivity contribution in [2.24, 2.45) is 45.6 Å². The average Bonchev–Trinajstić information content (AvgIpc) is 3.66. The smallest absolute Gasteiger partial charge is 0.312 e. The van der Waals surface area contributed by atoms with E-state index in [-0.39, 0.29) is 23.0 Å². The fourth-order valence-corrected chi connectivity index (χ4v) is 10.5. The average molecular weight is 538 g/mol. The molecule has 6 heteroatoms. The van der Waals surface area contributed by atoms with Gasteiger partial charge in [-0.05, 0) is 118 Å². The molecule has 2 unspecified atom stereocenters. The molecule has 5 aliphatic carbocycles. The lowest BCUT2D eigenvalue weighted by Crippen LogP contribution is -2.51. The van der Waals surface area contributed by atoms with Crippen LogP contribution in [0.2, 0.25) is 0 Å². The van der Waals surface area contributed by atoms with Crippen LogP contribution in [0, 0.1) is 40.4 Å². The first kappa shape index (κ1) is 27.5. The van der Waals surface area contributed by atoms with E-state index in [1.165, 1.54) is 44.1 Å². The third-order valence-electron chi connectivity index (χ3n) is 12.6. The van der Waals surface area contributed by atoms with Gasteiger partial charge >= 0.3 is 6.09 Å². The maximum absolute atomic E-state index is 13.4. The van der Waals surface area contributed by atoms with E-state index in [0.29, 0.717) is 35.5 Å². The van der Waals surface area contributed by atoms with Crippen LogP contribution in [0.25, 0.3) is 0 Å². The van der Waals surface area contributed by atoms with E-state index in [1.807, 2.05) is 11.0 Å². The van der Waals surface area contributed by atoms with Gasteiger partial charge in [-0.3, -0.25) is 9.63 Å². The van der Waals surface area contributed by atoms with E-state index in [9.17, 15) is 9.59 Å². The standard InChI is InChI=1S/C33H51N3O3/c1-21-17-24(34-19-21)20-36(25-7-5-6-8-25)31(38)39-35-22(2)28-11-12-29-27-10-9-23-18-26(37)13-15-32(23,3)30(27)14-16-33(28,29)4/h18,21,24-25,27-30,34H,5-17,19-20H2,1-4H3/b35-22+/t21?,24?,27-,28+,29-,30-,32-,33+/m0/s1. The quantitative estimate of drug-likeness (QED) is 0.235. The molecule has 6 aliphatic rings. The van der Waals surface area contributed by atoms with Gasteiger partial charge in [-0.15, -0.1) is 0 Å². The van der Waals surface area contributed by atoms with Crippen LogP contribution in [-0.4, -0.2) is 47.7 Å². The predicted octanol–water partition coefficient (Wildman–Crippen LogP) is 6.89. The van der Waals surface area contributed by atoms with Gasteiger partial charge in [0, 0.05) is 31.0 Å². The number of rotatable bonds is 5. The summed E-state index contributed by atoms with van der Waals surface area (Å²) in [7, 11) is 0. The van der Waals surface area contributed by atoms with E-state index in [2.05, 4.69) is 38.2 Å².